The molecule has 2 aromatic heterocycles. The van der Waals surface area contributed by atoms with E-state index in [1.54, 1.807) is 53.6 Å². The van der Waals surface area contributed by atoms with Gasteiger partial charge < -0.3 is 16.0 Å². The number of para-hydroxylation sites is 1. The fourth-order valence-electron chi connectivity index (χ4n) is 3.14. The first-order chi connectivity index (χ1) is 15.5. The Labute approximate surface area is 185 Å². The smallest absolute Gasteiger partial charge is 0.322 e. The van der Waals surface area contributed by atoms with Crippen LogP contribution < -0.4 is 16.0 Å². The second kappa shape index (κ2) is 9.13. The number of anilines is 3. The number of carbonyl (C=O) groups is 2. The van der Waals surface area contributed by atoms with Gasteiger partial charge in [0.15, 0.2) is 0 Å². The summed E-state index contributed by atoms with van der Waals surface area (Å²) >= 11 is 0. The van der Waals surface area contributed by atoms with E-state index in [0.717, 1.165) is 16.9 Å². The van der Waals surface area contributed by atoms with E-state index in [0.29, 0.717) is 22.6 Å². The zero-order chi connectivity index (χ0) is 22.5. The van der Waals surface area contributed by atoms with Gasteiger partial charge in [0.05, 0.1) is 23.8 Å². The minimum atomic E-state index is -0.361. The van der Waals surface area contributed by atoms with E-state index in [4.69, 9.17) is 0 Å². The van der Waals surface area contributed by atoms with Crippen molar-refractivity contribution in [1.82, 2.24) is 14.8 Å². The van der Waals surface area contributed by atoms with Gasteiger partial charge in [0.25, 0.3) is 5.91 Å². The molecule has 0 aliphatic rings. The summed E-state index contributed by atoms with van der Waals surface area (Å²) in [5, 5.41) is 12.7. The molecule has 8 nitrogen and oxygen atoms in total. The number of aryl methyl sites for hydroxylation is 2. The second-order valence-corrected chi connectivity index (χ2v) is 7.26. The van der Waals surface area contributed by atoms with Gasteiger partial charge in [-0.25, -0.2) is 9.48 Å². The molecule has 4 aromatic rings. The van der Waals surface area contributed by atoms with Crippen molar-refractivity contribution in [2.75, 3.05) is 16.0 Å². The van der Waals surface area contributed by atoms with Crippen molar-refractivity contribution in [1.29, 1.82) is 0 Å². The Morgan fingerprint density at radius 3 is 2.53 bits per heavy atom. The van der Waals surface area contributed by atoms with Crippen LogP contribution >= 0.6 is 0 Å². The third-order valence-corrected chi connectivity index (χ3v) is 4.76. The predicted octanol–water partition coefficient (Wildman–Crippen LogP) is 4.78. The molecular weight excluding hydrogens is 404 g/mol. The topological polar surface area (TPSA) is 101 Å². The SMILES string of the molecule is Cc1cc(NC(=O)c2cccc(-n3cc(NC(=O)Nc4ccccc4C)cn3)c2)ccn1. The van der Waals surface area contributed by atoms with E-state index in [-0.39, 0.29) is 11.9 Å². The minimum Gasteiger partial charge on any atom is -0.322 e. The van der Waals surface area contributed by atoms with E-state index >= 15 is 0 Å². The quantitative estimate of drug-likeness (QED) is 0.427. The summed E-state index contributed by atoms with van der Waals surface area (Å²) in [5.74, 6) is -0.236. The van der Waals surface area contributed by atoms with Crippen molar-refractivity contribution in [3.8, 4) is 5.69 Å². The van der Waals surface area contributed by atoms with Gasteiger partial charge in [0, 0.05) is 28.8 Å². The van der Waals surface area contributed by atoms with Crippen LogP contribution in [0, 0.1) is 13.8 Å². The zero-order valence-corrected chi connectivity index (χ0v) is 17.7. The van der Waals surface area contributed by atoms with Crippen molar-refractivity contribution in [3.05, 3.63) is 96.1 Å². The lowest BCUT2D eigenvalue weighted by Gasteiger charge is -2.08. The van der Waals surface area contributed by atoms with Gasteiger partial charge in [-0.3, -0.25) is 9.78 Å². The van der Waals surface area contributed by atoms with E-state index in [1.165, 1.54) is 0 Å². The van der Waals surface area contributed by atoms with Crippen molar-refractivity contribution in [2.45, 2.75) is 13.8 Å². The summed E-state index contributed by atoms with van der Waals surface area (Å²) in [6.45, 7) is 3.79. The molecule has 0 saturated carbocycles. The number of nitrogens with zero attached hydrogens (tertiary/aromatic N) is 3. The summed E-state index contributed by atoms with van der Waals surface area (Å²) < 4.78 is 1.59. The third kappa shape index (κ3) is 4.99. The molecule has 0 radical (unpaired) electrons. The Morgan fingerprint density at radius 1 is 0.875 bits per heavy atom. The fourth-order valence-corrected chi connectivity index (χ4v) is 3.14. The highest BCUT2D eigenvalue weighted by atomic mass is 16.2. The number of nitrogens with one attached hydrogen (secondary N) is 3. The van der Waals surface area contributed by atoms with Gasteiger partial charge in [-0.1, -0.05) is 24.3 Å². The van der Waals surface area contributed by atoms with Crippen LogP contribution in [0.5, 0.6) is 0 Å². The molecule has 4 rings (SSSR count). The molecule has 32 heavy (non-hydrogen) atoms. The number of rotatable bonds is 5. The van der Waals surface area contributed by atoms with E-state index in [1.807, 2.05) is 44.2 Å². The fraction of sp³-hybridized carbons (Fsp3) is 0.0833. The van der Waals surface area contributed by atoms with Crippen LogP contribution in [0.15, 0.2) is 79.3 Å². The molecule has 2 aromatic carbocycles. The molecular formula is C24H22N6O2. The van der Waals surface area contributed by atoms with E-state index in [9.17, 15) is 9.59 Å². The number of amides is 3. The minimum absolute atomic E-state index is 0.236. The van der Waals surface area contributed by atoms with Crippen LogP contribution in [0.3, 0.4) is 0 Å². The van der Waals surface area contributed by atoms with Gasteiger partial charge in [-0.2, -0.15) is 5.10 Å². The first kappa shape index (κ1) is 20.8. The lowest BCUT2D eigenvalue weighted by atomic mass is 10.2. The number of carbonyl (C=O) groups excluding carboxylic acids is 2. The van der Waals surface area contributed by atoms with Gasteiger partial charge >= 0.3 is 6.03 Å². The van der Waals surface area contributed by atoms with Gasteiger partial charge in [-0.15, -0.1) is 0 Å². The van der Waals surface area contributed by atoms with Gasteiger partial charge in [-0.05, 0) is 55.8 Å². The van der Waals surface area contributed by atoms with Crippen LogP contribution in [0.2, 0.25) is 0 Å². The average molecular weight is 426 g/mol. The van der Waals surface area contributed by atoms with Crippen molar-refractivity contribution in [3.63, 3.8) is 0 Å². The Hall–Kier alpha value is -4.46. The van der Waals surface area contributed by atoms with Crippen LogP contribution in [0.1, 0.15) is 21.6 Å². The van der Waals surface area contributed by atoms with E-state index in [2.05, 4.69) is 26.0 Å². The molecule has 0 aliphatic carbocycles. The molecule has 0 atom stereocenters. The van der Waals surface area contributed by atoms with E-state index < -0.39 is 0 Å². The van der Waals surface area contributed by atoms with Gasteiger partial charge in [0.1, 0.15) is 0 Å². The van der Waals surface area contributed by atoms with Crippen LogP contribution in [0.4, 0.5) is 21.9 Å². The van der Waals surface area contributed by atoms with Crippen molar-refractivity contribution < 1.29 is 9.59 Å². The standard InChI is InChI=1S/C24H22N6O2/c1-16-6-3-4-9-22(16)29-24(32)28-20-14-26-30(15-20)21-8-5-7-18(13-21)23(31)27-19-10-11-25-17(2)12-19/h3-15H,1-2H3,(H,25,27,31)(H2,28,29,32). The molecule has 3 N–H and O–H groups in total. The number of urea groups is 1. The molecule has 0 bridgehead atoms. The van der Waals surface area contributed by atoms with Crippen molar-refractivity contribution in [2.24, 2.45) is 0 Å². The lowest BCUT2D eigenvalue weighted by Crippen LogP contribution is -2.19. The summed E-state index contributed by atoms with van der Waals surface area (Å²) in [7, 11) is 0. The number of pyridine rings is 1. The van der Waals surface area contributed by atoms with Crippen LogP contribution in [-0.2, 0) is 0 Å². The molecule has 0 saturated heterocycles. The van der Waals surface area contributed by atoms with Crippen LogP contribution in [-0.4, -0.2) is 26.7 Å². The molecule has 0 unspecified atom stereocenters. The monoisotopic (exact) mass is 426 g/mol. The molecule has 0 spiro atoms. The first-order valence-corrected chi connectivity index (χ1v) is 10.0. The largest absolute Gasteiger partial charge is 0.323 e. The van der Waals surface area contributed by atoms with Crippen molar-refractivity contribution >= 4 is 29.0 Å². The Morgan fingerprint density at radius 2 is 1.72 bits per heavy atom. The Balaban J connectivity index is 1.44. The maximum atomic E-state index is 12.6. The third-order valence-electron chi connectivity index (χ3n) is 4.76. The molecule has 160 valence electrons. The summed E-state index contributed by atoms with van der Waals surface area (Å²) in [4.78, 5) is 29.1. The molecule has 2 heterocycles. The molecule has 3 amide bonds. The Bertz CT molecular complexity index is 1280. The lowest BCUT2D eigenvalue weighted by molar-refractivity contribution is 0.102. The highest BCUT2D eigenvalue weighted by Gasteiger charge is 2.10. The summed E-state index contributed by atoms with van der Waals surface area (Å²) in [6.07, 6.45) is 4.87. The molecule has 8 heteroatoms. The number of hydrogen-bond donors (Lipinski definition) is 3. The predicted molar refractivity (Wildman–Crippen MR) is 124 cm³/mol. The van der Waals surface area contributed by atoms with Crippen LogP contribution in [0.25, 0.3) is 5.69 Å². The first-order valence-electron chi connectivity index (χ1n) is 10.0. The normalized spacial score (nSPS) is 10.4. The summed E-state index contributed by atoms with van der Waals surface area (Å²) in [5.41, 5.74) is 4.90. The highest BCUT2D eigenvalue weighted by molar-refractivity contribution is 6.04. The highest BCUT2D eigenvalue weighted by Crippen LogP contribution is 2.17. The summed E-state index contributed by atoms with van der Waals surface area (Å²) in [6, 6.07) is 17.8. The second-order valence-electron chi connectivity index (χ2n) is 7.26. The maximum absolute atomic E-state index is 12.6. The van der Waals surface area contributed by atoms with Gasteiger partial charge in [0.2, 0.25) is 0 Å². The number of benzene rings is 2. The molecule has 0 aliphatic heterocycles. The zero-order valence-electron chi connectivity index (χ0n) is 17.7. The Kier molecular flexibility index (Phi) is 5.94. The molecule has 0 fully saturated rings. The average Bonchev–Trinajstić information content (AvgIpc) is 3.24. The maximum Gasteiger partial charge on any atom is 0.323 e. The number of hydrogen-bond acceptors (Lipinski definition) is 4. The number of aromatic nitrogens is 3.